The van der Waals surface area contributed by atoms with Crippen LogP contribution < -0.4 is 5.32 Å². The molecule has 0 aliphatic carbocycles. The van der Waals surface area contributed by atoms with Gasteiger partial charge in [-0.3, -0.25) is 9.59 Å². The minimum absolute atomic E-state index is 0.0440. The molecule has 5 nitrogen and oxygen atoms in total. The summed E-state index contributed by atoms with van der Waals surface area (Å²) in [5, 5.41) is 3.16. The first-order chi connectivity index (χ1) is 10.5. The van der Waals surface area contributed by atoms with Crippen molar-refractivity contribution >= 4 is 23.6 Å². The van der Waals surface area contributed by atoms with Gasteiger partial charge in [0.25, 0.3) is 0 Å². The van der Waals surface area contributed by atoms with Crippen LogP contribution in [0.1, 0.15) is 33.6 Å². The zero-order chi connectivity index (χ0) is 16.1. The first-order valence-corrected chi connectivity index (χ1v) is 9.50. The second-order valence-electron chi connectivity index (χ2n) is 6.46. The number of piperidine rings is 1. The van der Waals surface area contributed by atoms with Crippen LogP contribution in [-0.4, -0.2) is 71.4 Å². The molecule has 2 atom stereocenters. The van der Waals surface area contributed by atoms with E-state index in [1.807, 2.05) is 9.80 Å². The Bertz CT molecular complexity index is 403. The van der Waals surface area contributed by atoms with Gasteiger partial charge in [0.15, 0.2) is 0 Å². The third kappa shape index (κ3) is 4.16. The Morgan fingerprint density at radius 2 is 2.18 bits per heavy atom. The van der Waals surface area contributed by atoms with Crippen molar-refractivity contribution in [1.82, 2.24) is 15.1 Å². The van der Waals surface area contributed by atoms with Crippen LogP contribution in [0.5, 0.6) is 0 Å². The van der Waals surface area contributed by atoms with Crippen molar-refractivity contribution in [2.24, 2.45) is 5.92 Å². The number of rotatable bonds is 5. The largest absolute Gasteiger partial charge is 0.340 e. The molecule has 126 valence electrons. The fourth-order valence-corrected chi connectivity index (χ4v) is 4.36. The van der Waals surface area contributed by atoms with Gasteiger partial charge in [-0.25, -0.2) is 0 Å². The van der Waals surface area contributed by atoms with E-state index in [1.165, 1.54) is 0 Å². The molecule has 2 heterocycles. The number of nitrogens with zero attached hydrogens (tertiary/aromatic N) is 2. The van der Waals surface area contributed by atoms with E-state index in [0.29, 0.717) is 19.0 Å². The summed E-state index contributed by atoms with van der Waals surface area (Å²) >= 11 is 1.74. The minimum Gasteiger partial charge on any atom is -0.340 e. The average molecular weight is 327 g/mol. The predicted octanol–water partition coefficient (Wildman–Crippen LogP) is 1.19. The van der Waals surface area contributed by atoms with E-state index in [4.69, 9.17) is 0 Å². The quantitative estimate of drug-likeness (QED) is 0.824. The Morgan fingerprint density at radius 3 is 2.82 bits per heavy atom. The molecule has 1 N–H and O–H groups in total. The topological polar surface area (TPSA) is 52.7 Å². The number of piperazine rings is 1. The second-order valence-corrected chi connectivity index (χ2v) is 7.88. The summed E-state index contributed by atoms with van der Waals surface area (Å²) in [7, 11) is 0. The third-order valence-electron chi connectivity index (χ3n) is 4.47. The minimum atomic E-state index is 0.0440. The number of amides is 2. The van der Waals surface area contributed by atoms with Gasteiger partial charge in [0.2, 0.25) is 11.8 Å². The molecule has 6 heteroatoms. The van der Waals surface area contributed by atoms with Crippen LogP contribution in [-0.2, 0) is 9.59 Å². The molecule has 0 saturated carbocycles. The van der Waals surface area contributed by atoms with E-state index in [1.54, 1.807) is 11.8 Å². The molecule has 2 unspecified atom stereocenters. The molecule has 0 bridgehead atoms. The van der Waals surface area contributed by atoms with Crippen LogP contribution in [0, 0.1) is 5.92 Å². The summed E-state index contributed by atoms with van der Waals surface area (Å²) in [6.45, 7) is 9.94. The SMILES string of the molecule is CCSC(C(=O)N1CCCC(N2CCNCC2=O)C1)C(C)C. The van der Waals surface area contributed by atoms with Crippen molar-refractivity contribution in [2.45, 2.75) is 44.9 Å². The number of nitrogens with one attached hydrogen (secondary N) is 1. The lowest BCUT2D eigenvalue weighted by Gasteiger charge is -2.42. The number of hydrogen-bond donors (Lipinski definition) is 1. The number of carbonyl (C=O) groups excluding carboxylic acids is 2. The van der Waals surface area contributed by atoms with Gasteiger partial charge < -0.3 is 15.1 Å². The van der Waals surface area contributed by atoms with E-state index in [0.717, 1.165) is 38.2 Å². The molecule has 2 aliphatic heterocycles. The standard InChI is InChI=1S/C16H29N3O2S/c1-4-22-15(12(2)3)16(21)18-8-5-6-13(11-18)19-9-7-17-10-14(19)20/h12-13,15,17H,4-11H2,1-3H3. The summed E-state index contributed by atoms with van der Waals surface area (Å²) < 4.78 is 0. The van der Waals surface area contributed by atoms with Crippen LogP contribution in [0.15, 0.2) is 0 Å². The summed E-state index contributed by atoms with van der Waals surface area (Å²) in [6, 6.07) is 0.201. The molecule has 2 amide bonds. The molecule has 0 radical (unpaired) electrons. The number of thioether (sulfide) groups is 1. The molecule has 0 aromatic carbocycles. The molecule has 0 spiro atoms. The lowest BCUT2D eigenvalue weighted by atomic mass is 10.0. The summed E-state index contributed by atoms with van der Waals surface area (Å²) in [5.74, 6) is 1.74. The van der Waals surface area contributed by atoms with Gasteiger partial charge in [0.05, 0.1) is 11.8 Å². The van der Waals surface area contributed by atoms with Gasteiger partial charge in [0.1, 0.15) is 0 Å². The molecule has 2 rings (SSSR count). The fraction of sp³-hybridized carbons (Fsp3) is 0.875. The molecular weight excluding hydrogens is 298 g/mol. The van der Waals surface area contributed by atoms with Crippen LogP contribution in [0.2, 0.25) is 0 Å². The smallest absolute Gasteiger partial charge is 0.236 e. The normalized spacial score (nSPS) is 24.7. The Hall–Kier alpha value is -0.750. The Balaban J connectivity index is 1.99. The highest BCUT2D eigenvalue weighted by Crippen LogP contribution is 2.25. The van der Waals surface area contributed by atoms with E-state index in [2.05, 4.69) is 26.1 Å². The molecule has 2 aliphatic rings. The summed E-state index contributed by atoms with van der Waals surface area (Å²) in [4.78, 5) is 28.9. The maximum atomic E-state index is 12.8. The van der Waals surface area contributed by atoms with E-state index >= 15 is 0 Å². The van der Waals surface area contributed by atoms with Gasteiger partial charge >= 0.3 is 0 Å². The molecular formula is C16H29N3O2S. The van der Waals surface area contributed by atoms with Gasteiger partial charge in [-0.15, -0.1) is 11.8 Å². The molecule has 2 fully saturated rings. The first-order valence-electron chi connectivity index (χ1n) is 8.45. The lowest BCUT2D eigenvalue weighted by Crippen LogP contribution is -2.58. The number of likely N-dealkylation sites (tertiary alicyclic amines) is 1. The van der Waals surface area contributed by atoms with Gasteiger partial charge in [-0.05, 0) is 24.5 Å². The average Bonchev–Trinajstić information content (AvgIpc) is 2.52. The van der Waals surface area contributed by atoms with E-state index in [9.17, 15) is 9.59 Å². The predicted molar refractivity (Wildman–Crippen MR) is 90.9 cm³/mol. The maximum absolute atomic E-state index is 12.8. The third-order valence-corrected chi connectivity index (χ3v) is 5.91. The fourth-order valence-electron chi connectivity index (χ4n) is 3.32. The van der Waals surface area contributed by atoms with E-state index in [-0.39, 0.29) is 23.1 Å². The highest BCUT2D eigenvalue weighted by atomic mass is 32.2. The Kier molecular flexibility index (Phi) is 6.56. The van der Waals surface area contributed by atoms with Gasteiger partial charge in [0, 0.05) is 32.2 Å². The second kappa shape index (κ2) is 8.20. The Labute approximate surface area is 138 Å². The van der Waals surface area contributed by atoms with Gasteiger partial charge in [-0.2, -0.15) is 0 Å². The highest BCUT2D eigenvalue weighted by molar-refractivity contribution is 8.00. The van der Waals surface area contributed by atoms with Crippen molar-refractivity contribution in [3.63, 3.8) is 0 Å². The summed E-state index contributed by atoms with van der Waals surface area (Å²) in [6.07, 6.45) is 2.01. The summed E-state index contributed by atoms with van der Waals surface area (Å²) in [5.41, 5.74) is 0. The Morgan fingerprint density at radius 1 is 1.41 bits per heavy atom. The van der Waals surface area contributed by atoms with Crippen molar-refractivity contribution in [1.29, 1.82) is 0 Å². The molecule has 0 aromatic heterocycles. The van der Waals surface area contributed by atoms with Crippen molar-refractivity contribution < 1.29 is 9.59 Å². The lowest BCUT2D eigenvalue weighted by molar-refractivity contribution is -0.140. The van der Waals surface area contributed by atoms with Crippen LogP contribution in [0.25, 0.3) is 0 Å². The zero-order valence-corrected chi connectivity index (χ0v) is 14.8. The zero-order valence-electron chi connectivity index (χ0n) is 14.0. The first kappa shape index (κ1) is 17.6. The number of carbonyl (C=O) groups is 2. The van der Waals surface area contributed by atoms with Gasteiger partial charge in [-0.1, -0.05) is 20.8 Å². The highest BCUT2D eigenvalue weighted by Gasteiger charge is 2.34. The molecule has 0 aromatic rings. The van der Waals surface area contributed by atoms with E-state index < -0.39 is 0 Å². The van der Waals surface area contributed by atoms with Crippen LogP contribution >= 0.6 is 11.8 Å². The van der Waals surface area contributed by atoms with Crippen molar-refractivity contribution in [3.8, 4) is 0 Å². The van der Waals surface area contributed by atoms with Crippen LogP contribution in [0.4, 0.5) is 0 Å². The number of hydrogen-bond acceptors (Lipinski definition) is 4. The molecule has 22 heavy (non-hydrogen) atoms. The van der Waals surface area contributed by atoms with Crippen molar-refractivity contribution in [2.75, 3.05) is 38.5 Å². The monoisotopic (exact) mass is 327 g/mol. The van der Waals surface area contributed by atoms with Crippen LogP contribution in [0.3, 0.4) is 0 Å². The van der Waals surface area contributed by atoms with Crippen molar-refractivity contribution in [3.05, 3.63) is 0 Å². The maximum Gasteiger partial charge on any atom is 0.236 e. The molecule has 2 saturated heterocycles.